The standard InChI is InChI=1S/C18H24N2O3/c1-14-6-8-16(9-7-14)4-3-5-17(21)19-15(2)18(22)20-10-12-23-13-11-20/h3-4,6-9,15H,5,10-13H2,1-2H3,(H,19,21). The number of nitrogens with one attached hydrogen (secondary N) is 1. The highest BCUT2D eigenvalue weighted by Crippen LogP contribution is 2.06. The highest BCUT2D eigenvalue weighted by Gasteiger charge is 2.23. The minimum Gasteiger partial charge on any atom is -0.378 e. The van der Waals surface area contributed by atoms with Gasteiger partial charge in [0.05, 0.1) is 13.2 Å². The summed E-state index contributed by atoms with van der Waals surface area (Å²) < 4.78 is 5.22. The second kappa shape index (κ2) is 8.48. The first-order valence-electron chi connectivity index (χ1n) is 7.95. The summed E-state index contributed by atoms with van der Waals surface area (Å²) in [6.07, 6.45) is 3.98. The summed E-state index contributed by atoms with van der Waals surface area (Å²) in [5.41, 5.74) is 2.26. The number of aryl methyl sites for hydroxylation is 1. The monoisotopic (exact) mass is 316 g/mol. The molecule has 0 saturated carbocycles. The average molecular weight is 316 g/mol. The fourth-order valence-corrected chi connectivity index (χ4v) is 2.40. The Morgan fingerprint density at radius 1 is 1.26 bits per heavy atom. The summed E-state index contributed by atoms with van der Waals surface area (Å²) in [7, 11) is 0. The van der Waals surface area contributed by atoms with Crippen molar-refractivity contribution < 1.29 is 14.3 Å². The Balaban J connectivity index is 1.77. The lowest BCUT2D eigenvalue weighted by molar-refractivity contribution is -0.139. The van der Waals surface area contributed by atoms with Crippen LogP contribution in [-0.4, -0.2) is 49.1 Å². The van der Waals surface area contributed by atoms with Crippen molar-refractivity contribution in [2.75, 3.05) is 26.3 Å². The number of carbonyl (C=O) groups is 2. The maximum Gasteiger partial charge on any atom is 0.245 e. The lowest BCUT2D eigenvalue weighted by atomic mass is 10.1. The quantitative estimate of drug-likeness (QED) is 0.900. The highest BCUT2D eigenvalue weighted by atomic mass is 16.5. The summed E-state index contributed by atoms with van der Waals surface area (Å²) in [6.45, 7) is 6.06. The minimum atomic E-state index is -0.506. The van der Waals surface area contributed by atoms with Crippen LogP contribution in [0.1, 0.15) is 24.5 Å². The molecular weight excluding hydrogens is 292 g/mol. The molecule has 0 radical (unpaired) electrons. The van der Waals surface area contributed by atoms with Gasteiger partial charge in [0.2, 0.25) is 11.8 Å². The van der Waals surface area contributed by atoms with E-state index in [0.717, 1.165) is 5.56 Å². The van der Waals surface area contributed by atoms with Gasteiger partial charge in [-0.2, -0.15) is 0 Å². The van der Waals surface area contributed by atoms with Gasteiger partial charge in [0, 0.05) is 19.5 Å². The second-order valence-electron chi connectivity index (χ2n) is 5.74. The van der Waals surface area contributed by atoms with E-state index < -0.39 is 6.04 Å². The second-order valence-corrected chi connectivity index (χ2v) is 5.74. The smallest absolute Gasteiger partial charge is 0.245 e. The summed E-state index contributed by atoms with van der Waals surface area (Å²) in [4.78, 5) is 25.9. The molecule has 1 N–H and O–H groups in total. The minimum absolute atomic E-state index is 0.0517. The Labute approximate surface area is 137 Å². The van der Waals surface area contributed by atoms with Crippen molar-refractivity contribution in [1.82, 2.24) is 10.2 Å². The number of amides is 2. The van der Waals surface area contributed by atoms with Gasteiger partial charge in [-0.25, -0.2) is 0 Å². The number of hydrogen-bond donors (Lipinski definition) is 1. The van der Waals surface area contributed by atoms with Crippen molar-refractivity contribution >= 4 is 17.9 Å². The molecule has 1 aliphatic heterocycles. The van der Waals surface area contributed by atoms with Crippen LogP contribution in [0.25, 0.3) is 6.08 Å². The molecule has 5 nitrogen and oxygen atoms in total. The number of benzene rings is 1. The van der Waals surface area contributed by atoms with Crippen molar-refractivity contribution in [3.05, 3.63) is 41.5 Å². The molecule has 1 fully saturated rings. The van der Waals surface area contributed by atoms with E-state index in [4.69, 9.17) is 4.74 Å². The average Bonchev–Trinajstić information content (AvgIpc) is 2.56. The van der Waals surface area contributed by atoms with Crippen LogP contribution in [0.2, 0.25) is 0 Å². The summed E-state index contributed by atoms with van der Waals surface area (Å²) in [6, 6.07) is 7.57. The first-order chi connectivity index (χ1) is 11.1. The van der Waals surface area contributed by atoms with Gasteiger partial charge in [0.25, 0.3) is 0 Å². The molecule has 2 rings (SSSR count). The van der Waals surface area contributed by atoms with Gasteiger partial charge in [-0.15, -0.1) is 0 Å². The zero-order valence-corrected chi connectivity index (χ0v) is 13.7. The molecule has 0 aromatic heterocycles. The fraction of sp³-hybridized carbons (Fsp3) is 0.444. The molecule has 0 spiro atoms. The fourth-order valence-electron chi connectivity index (χ4n) is 2.40. The molecule has 1 unspecified atom stereocenters. The number of rotatable bonds is 5. The van der Waals surface area contributed by atoms with Crippen molar-refractivity contribution in [3.63, 3.8) is 0 Å². The Kier molecular flexibility index (Phi) is 6.35. The van der Waals surface area contributed by atoms with Gasteiger partial charge in [-0.05, 0) is 19.4 Å². The van der Waals surface area contributed by atoms with E-state index in [-0.39, 0.29) is 18.2 Å². The molecule has 5 heteroatoms. The molecule has 1 aromatic rings. The van der Waals surface area contributed by atoms with E-state index in [1.54, 1.807) is 11.8 Å². The topological polar surface area (TPSA) is 58.6 Å². The maximum absolute atomic E-state index is 12.2. The van der Waals surface area contributed by atoms with Crippen LogP contribution in [0.3, 0.4) is 0 Å². The predicted molar refractivity (Wildman–Crippen MR) is 89.8 cm³/mol. The van der Waals surface area contributed by atoms with Gasteiger partial charge in [0.15, 0.2) is 0 Å². The highest BCUT2D eigenvalue weighted by molar-refractivity contribution is 5.88. The van der Waals surface area contributed by atoms with Gasteiger partial charge < -0.3 is 15.0 Å². The van der Waals surface area contributed by atoms with E-state index in [1.165, 1.54) is 5.56 Å². The number of morpholine rings is 1. The lowest BCUT2D eigenvalue weighted by Gasteiger charge is -2.29. The number of hydrogen-bond acceptors (Lipinski definition) is 3. The molecule has 1 saturated heterocycles. The van der Waals surface area contributed by atoms with E-state index in [9.17, 15) is 9.59 Å². The van der Waals surface area contributed by atoms with Crippen molar-refractivity contribution in [2.24, 2.45) is 0 Å². The van der Waals surface area contributed by atoms with Crippen LogP contribution in [0.4, 0.5) is 0 Å². The van der Waals surface area contributed by atoms with Crippen LogP contribution in [0.15, 0.2) is 30.3 Å². The molecular formula is C18H24N2O3. The largest absolute Gasteiger partial charge is 0.378 e. The van der Waals surface area contributed by atoms with Gasteiger partial charge in [-0.1, -0.05) is 42.0 Å². The zero-order valence-electron chi connectivity index (χ0n) is 13.7. The lowest BCUT2D eigenvalue weighted by Crippen LogP contribution is -2.50. The predicted octanol–water partition coefficient (Wildman–Crippen LogP) is 1.76. The molecule has 1 aliphatic rings. The summed E-state index contributed by atoms with van der Waals surface area (Å²) in [5.74, 6) is -0.202. The van der Waals surface area contributed by atoms with Crippen molar-refractivity contribution in [1.29, 1.82) is 0 Å². The summed E-state index contributed by atoms with van der Waals surface area (Å²) >= 11 is 0. The van der Waals surface area contributed by atoms with E-state index >= 15 is 0 Å². The van der Waals surface area contributed by atoms with Crippen LogP contribution < -0.4 is 5.32 Å². The van der Waals surface area contributed by atoms with Gasteiger partial charge in [0.1, 0.15) is 6.04 Å². The molecule has 1 atom stereocenters. The SMILES string of the molecule is Cc1ccc(C=CCC(=O)NC(C)C(=O)N2CCOCC2)cc1. The van der Waals surface area contributed by atoms with Crippen molar-refractivity contribution in [2.45, 2.75) is 26.3 Å². The molecule has 1 aromatic carbocycles. The molecule has 0 bridgehead atoms. The Hall–Kier alpha value is -2.14. The Morgan fingerprint density at radius 3 is 2.57 bits per heavy atom. The van der Waals surface area contributed by atoms with Crippen LogP contribution in [0, 0.1) is 6.92 Å². The first kappa shape index (κ1) is 17.2. The number of carbonyl (C=O) groups excluding carboxylic acids is 2. The normalized spacial score (nSPS) is 16.3. The van der Waals surface area contributed by atoms with E-state index in [0.29, 0.717) is 26.3 Å². The van der Waals surface area contributed by atoms with E-state index in [1.807, 2.05) is 43.3 Å². The van der Waals surface area contributed by atoms with Crippen LogP contribution in [-0.2, 0) is 14.3 Å². The third-order valence-corrected chi connectivity index (χ3v) is 3.76. The molecule has 0 aliphatic carbocycles. The van der Waals surface area contributed by atoms with Crippen LogP contribution in [0.5, 0.6) is 0 Å². The molecule has 2 amide bonds. The zero-order chi connectivity index (χ0) is 16.7. The van der Waals surface area contributed by atoms with Crippen LogP contribution >= 0.6 is 0 Å². The number of ether oxygens (including phenoxy) is 1. The molecule has 1 heterocycles. The Bertz CT molecular complexity index is 560. The van der Waals surface area contributed by atoms with E-state index in [2.05, 4.69) is 5.32 Å². The third kappa shape index (κ3) is 5.53. The number of nitrogens with zero attached hydrogens (tertiary/aromatic N) is 1. The molecule has 124 valence electrons. The van der Waals surface area contributed by atoms with Crippen molar-refractivity contribution in [3.8, 4) is 0 Å². The first-order valence-corrected chi connectivity index (χ1v) is 7.95. The Morgan fingerprint density at radius 2 is 1.91 bits per heavy atom. The molecule has 23 heavy (non-hydrogen) atoms. The third-order valence-electron chi connectivity index (χ3n) is 3.76. The maximum atomic E-state index is 12.2. The summed E-state index contributed by atoms with van der Waals surface area (Å²) in [5, 5.41) is 2.75. The van der Waals surface area contributed by atoms with Gasteiger partial charge >= 0.3 is 0 Å². The van der Waals surface area contributed by atoms with Gasteiger partial charge in [-0.3, -0.25) is 9.59 Å².